The highest BCUT2D eigenvalue weighted by Gasteiger charge is 2.61. The van der Waals surface area contributed by atoms with Gasteiger partial charge < -0.3 is 14.5 Å². The van der Waals surface area contributed by atoms with Crippen LogP contribution < -0.4 is 0 Å². The summed E-state index contributed by atoms with van der Waals surface area (Å²) in [6, 6.07) is 10.7. The molecule has 3 aliphatic rings. The number of halogens is 1. The summed E-state index contributed by atoms with van der Waals surface area (Å²) in [6.07, 6.45) is 5.02. The Hall–Kier alpha value is -1.10. The van der Waals surface area contributed by atoms with Gasteiger partial charge in [-0.2, -0.15) is 0 Å². The van der Waals surface area contributed by atoms with Gasteiger partial charge in [0.2, 0.25) is 0 Å². The monoisotopic (exact) mass is 350 g/mol. The van der Waals surface area contributed by atoms with Gasteiger partial charge in [0, 0.05) is 33.2 Å². The van der Waals surface area contributed by atoms with Crippen LogP contribution in [0, 0.1) is 0 Å². The van der Waals surface area contributed by atoms with E-state index < -0.39 is 5.60 Å². The van der Waals surface area contributed by atoms with Gasteiger partial charge in [0.15, 0.2) is 0 Å². The molecule has 1 saturated carbocycles. The van der Waals surface area contributed by atoms with Crippen LogP contribution in [0.15, 0.2) is 30.3 Å². The van der Waals surface area contributed by atoms with Crippen molar-refractivity contribution in [1.82, 2.24) is 9.80 Å². The predicted octanol–water partition coefficient (Wildman–Crippen LogP) is 2.51. The largest absolute Gasteiger partial charge is 0.357 e. The van der Waals surface area contributed by atoms with Crippen molar-refractivity contribution in [1.29, 1.82) is 0 Å². The zero-order valence-electron chi connectivity index (χ0n) is 14.4. The van der Waals surface area contributed by atoms with Crippen LogP contribution in [0.1, 0.15) is 31.2 Å². The summed E-state index contributed by atoms with van der Waals surface area (Å²) in [5.74, 6) is 0.203. The molecule has 1 aliphatic carbocycles. The van der Waals surface area contributed by atoms with E-state index >= 15 is 0 Å². The van der Waals surface area contributed by atoms with Crippen molar-refractivity contribution in [2.75, 3.05) is 33.2 Å². The van der Waals surface area contributed by atoms with Gasteiger partial charge in [0.05, 0.1) is 5.60 Å². The second kappa shape index (κ2) is 6.66. The summed E-state index contributed by atoms with van der Waals surface area (Å²) in [6.45, 7) is 4.02. The third kappa shape index (κ3) is 3.32. The fraction of sp³-hybridized carbons (Fsp3) is 0.632. The fourth-order valence-electron chi connectivity index (χ4n) is 4.15. The second-order valence-electron chi connectivity index (χ2n) is 7.52. The highest BCUT2D eigenvalue weighted by atomic mass is 35.5. The SMILES string of the molecule is CN1CC2(CCN(CCc3ccccc3)CC2)OC2(CC2)C1=O.Cl. The Morgan fingerprint density at radius 3 is 2.38 bits per heavy atom. The van der Waals surface area contributed by atoms with Gasteiger partial charge in [-0.05, 0) is 37.7 Å². The van der Waals surface area contributed by atoms with E-state index in [-0.39, 0.29) is 23.9 Å². The van der Waals surface area contributed by atoms with Crippen LogP contribution in [-0.4, -0.2) is 60.1 Å². The molecule has 2 spiro atoms. The van der Waals surface area contributed by atoms with Crippen molar-refractivity contribution in [2.24, 2.45) is 0 Å². The normalized spacial score (nSPS) is 24.9. The number of likely N-dealkylation sites (tertiary alicyclic amines) is 1. The molecule has 3 fully saturated rings. The molecule has 0 unspecified atom stereocenters. The minimum Gasteiger partial charge on any atom is -0.357 e. The molecule has 5 heteroatoms. The van der Waals surface area contributed by atoms with Crippen molar-refractivity contribution in [3.63, 3.8) is 0 Å². The Balaban J connectivity index is 0.00000169. The zero-order chi connectivity index (χ0) is 15.9. The van der Waals surface area contributed by atoms with E-state index in [4.69, 9.17) is 4.74 Å². The molecule has 0 atom stereocenters. The maximum absolute atomic E-state index is 12.2. The first kappa shape index (κ1) is 17.7. The Morgan fingerprint density at radius 1 is 1.08 bits per heavy atom. The van der Waals surface area contributed by atoms with Crippen molar-refractivity contribution < 1.29 is 9.53 Å². The topological polar surface area (TPSA) is 32.8 Å². The summed E-state index contributed by atoms with van der Waals surface area (Å²) >= 11 is 0. The van der Waals surface area contributed by atoms with Gasteiger partial charge in [-0.3, -0.25) is 4.79 Å². The third-order valence-electron chi connectivity index (χ3n) is 5.70. The van der Waals surface area contributed by atoms with Crippen molar-refractivity contribution in [3.8, 4) is 0 Å². The lowest BCUT2D eigenvalue weighted by Gasteiger charge is -2.49. The minimum absolute atomic E-state index is 0. The van der Waals surface area contributed by atoms with E-state index in [1.54, 1.807) is 0 Å². The fourth-order valence-corrected chi connectivity index (χ4v) is 4.15. The molecule has 1 aromatic carbocycles. The van der Waals surface area contributed by atoms with Crippen molar-refractivity contribution >= 4 is 18.3 Å². The number of hydrogen-bond acceptors (Lipinski definition) is 3. The number of carbonyl (C=O) groups is 1. The molecule has 24 heavy (non-hydrogen) atoms. The smallest absolute Gasteiger partial charge is 0.254 e. The molecule has 2 heterocycles. The van der Waals surface area contributed by atoms with E-state index in [2.05, 4.69) is 35.2 Å². The van der Waals surface area contributed by atoms with Crippen molar-refractivity contribution in [2.45, 2.75) is 43.3 Å². The minimum atomic E-state index is -0.445. The quantitative estimate of drug-likeness (QED) is 0.839. The van der Waals surface area contributed by atoms with Crippen LogP contribution in [0.3, 0.4) is 0 Å². The maximum Gasteiger partial charge on any atom is 0.254 e. The summed E-state index contributed by atoms with van der Waals surface area (Å²) in [7, 11) is 1.94. The van der Waals surface area contributed by atoms with Gasteiger partial charge in [-0.1, -0.05) is 30.3 Å². The lowest BCUT2D eigenvalue weighted by atomic mass is 9.88. The number of piperidine rings is 1. The molecule has 2 aliphatic heterocycles. The second-order valence-corrected chi connectivity index (χ2v) is 7.52. The highest BCUT2D eigenvalue weighted by Crippen LogP contribution is 2.49. The van der Waals surface area contributed by atoms with Crippen LogP contribution in [0.5, 0.6) is 0 Å². The van der Waals surface area contributed by atoms with Crippen molar-refractivity contribution in [3.05, 3.63) is 35.9 Å². The molecule has 1 aromatic rings. The molecule has 0 N–H and O–H groups in total. The van der Waals surface area contributed by atoms with E-state index in [0.29, 0.717) is 0 Å². The van der Waals surface area contributed by atoms with Gasteiger partial charge in [-0.15, -0.1) is 12.4 Å². The lowest BCUT2D eigenvalue weighted by molar-refractivity contribution is -0.197. The van der Waals surface area contributed by atoms with Crippen LogP contribution in [-0.2, 0) is 16.0 Å². The van der Waals surface area contributed by atoms with Gasteiger partial charge >= 0.3 is 0 Å². The molecule has 4 rings (SSSR count). The summed E-state index contributed by atoms with van der Waals surface area (Å²) in [5.41, 5.74) is 0.866. The lowest BCUT2D eigenvalue weighted by Crippen LogP contribution is -2.62. The predicted molar refractivity (Wildman–Crippen MR) is 96.5 cm³/mol. The molecular formula is C19H27ClN2O2. The number of morpholine rings is 1. The van der Waals surface area contributed by atoms with E-state index in [0.717, 1.165) is 58.3 Å². The summed E-state index contributed by atoms with van der Waals surface area (Å²) in [4.78, 5) is 16.7. The Kier molecular flexibility index (Phi) is 4.92. The number of amides is 1. The number of likely N-dealkylation sites (N-methyl/N-ethyl adjacent to an activating group) is 1. The van der Waals surface area contributed by atoms with Crippen LogP contribution in [0.2, 0.25) is 0 Å². The molecular weight excluding hydrogens is 324 g/mol. The molecule has 0 radical (unpaired) electrons. The van der Waals surface area contributed by atoms with Gasteiger partial charge in [0.1, 0.15) is 5.60 Å². The average Bonchev–Trinajstić information content (AvgIpc) is 3.33. The standard InChI is InChI=1S/C19H26N2O2.ClH/c1-20-15-18(23-19(8-9-19)17(20)22)10-13-21(14-11-18)12-7-16-5-3-2-4-6-16;/h2-6H,7-15H2,1H3;1H. The average molecular weight is 351 g/mol. The highest BCUT2D eigenvalue weighted by molar-refractivity contribution is 5.88. The number of rotatable bonds is 3. The van der Waals surface area contributed by atoms with E-state index in [1.165, 1.54) is 5.56 Å². The first-order chi connectivity index (χ1) is 11.1. The van der Waals surface area contributed by atoms with Gasteiger partial charge in [0.25, 0.3) is 5.91 Å². The van der Waals surface area contributed by atoms with Gasteiger partial charge in [-0.25, -0.2) is 0 Å². The number of hydrogen-bond donors (Lipinski definition) is 0. The zero-order valence-corrected chi connectivity index (χ0v) is 15.2. The Labute approximate surface area is 150 Å². The van der Waals surface area contributed by atoms with E-state index in [1.807, 2.05) is 11.9 Å². The molecule has 0 aromatic heterocycles. The summed E-state index contributed by atoms with van der Waals surface area (Å²) < 4.78 is 6.39. The third-order valence-corrected chi connectivity index (χ3v) is 5.70. The molecule has 1 amide bonds. The molecule has 0 bridgehead atoms. The van der Waals surface area contributed by atoms with Crippen LogP contribution in [0.4, 0.5) is 0 Å². The molecule has 2 saturated heterocycles. The molecule has 132 valence electrons. The first-order valence-electron chi connectivity index (χ1n) is 8.83. The Morgan fingerprint density at radius 2 is 1.75 bits per heavy atom. The first-order valence-corrected chi connectivity index (χ1v) is 8.83. The number of ether oxygens (including phenoxy) is 1. The number of nitrogens with zero attached hydrogens (tertiary/aromatic N) is 2. The molecule has 4 nitrogen and oxygen atoms in total. The van der Waals surface area contributed by atoms with Crippen LogP contribution >= 0.6 is 12.4 Å². The van der Waals surface area contributed by atoms with E-state index in [9.17, 15) is 4.79 Å². The Bertz CT molecular complexity index is 580. The number of carbonyl (C=O) groups excluding carboxylic acids is 1. The maximum atomic E-state index is 12.2. The number of benzene rings is 1. The van der Waals surface area contributed by atoms with Crippen LogP contribution in [0.25, 0.3) is 0 Å². The summed E-state index contributed by atoms with van der Waals surface area (Å²) in [5, 5.41) is 0.